The molecule has 1 N–H and O–H groups in total. The number of nitrogens with one attached hydrogen (secondary N) is 1. The maximum Gasteiger partial charge on any atom is 0.415 e. The van der Waals surface area contributed by atoms with Gasteiger partial charge < -0.3 is 5.73 Å². The smallest absolute Gasteiger partial charge is 0.415 e. The lowest BCUT2D eigenvalue weighted by molar-refractivity contribution is -0.136. The minimum Gasteiger partial charge on any atom is -0.698 e. The van der Waals surface area contributed by atoms with Crippen LogP contribution in [0.15, 0.2) is 18.2 Å². The molecular weight excluding hydrogens is 191 g/mol. The van der Waals surface area contributed by atoms with Crippen LogP contribution in [0.5, 0.6) is 0 Å². The zero-order valence-corrected chi connectivity index (χ0v) is 6.50. The summed E-state index contributed by atoms with van der Waals surface area (Å²) in [6.45, 7) is 0. The number of hydrogen-bond donors (Lipinski definition) is 0. The van der Waals surface area contributed by atoms with Gasteiger partial charge >= 0.3 is 6.18 Å². The summed E-state index contributed by atoms with van der Waals surface area (Å²) < 4.78 is 36.2. The highest BCUT2D eigenvalue weighted by Crippen LogP contribution is 2.37. The van der Waals surface area contributed by atoms with Gasteiger partial charge in [-0.25, -0.2) is 0 Å². The fourth-order valence-electron chi connectivity index (χ4n) is 0.751. The van der Waals surface area contributed by atoms with Gasteiger partial charge in [0.2, 0.25) is 0 Å². The van der Waals surface area contributed by atoms with Crippen molar-refractivity contribution in [2.45, 2.75) is 6.18 Å². The Morgan fingerprint density at radius 3 is 2.25 bits per heavy atom. The number of hydrogen-bond acceptors (Lipinski definition) is 0. The molecule has 0 heterocycles. The maximum absolute atomic E-state index is 12.1. The zero-order valence-electron chi connectivity index (χ0n) is 5.74. The molecule has 0 spiro atoms. The summed E-state index contributed by atoms with van der Waals surface area (Å²) in [6, 6.07) is 3.01. The monoisotopic (exact) mass is 194 g/mol. The Morgan fingerprint density at radius 1 is 1.25 bits per heavy atom. The molecule has 1 nitrogen and oxygen atoms in total. The zero-order chi connectivity index (χ0) is 9.35. The van der Waals surface area contributed by atoms with E-state index in [0.29, 0.717) is 0 Å². The average Bonchev–Trinajstić information content (AvgIpc) is 1.92. The van der Waals surface area contributed by atoms with E-state index in [-0.39, 0.29) is 5.02 Å². The highest BCUT2D eigenvalue weighted by atomic mass is 35.5. The molecule has 5 heteroatoms. The lowest BCUT2D eigenvalue weighted by Gasteiger charge is -2.14. The van der Waals surface area contributed by atoms with E-state index in [9.17, 15) is 13.2 Å². The van der Waals surface area contributed by atoms with Crippen LogP contribution in [0.2, 0.25) is 5.02 Å². The summed E-state index contributed by atoms with van der Waals surface area (Å²) in [7, 11) is 0. The molecule has 0 bridgehead atoms. The molecule has 0 aliphatic heterocycles. The van der Waals surface area contributed by atoms with E-state index in [1.807, 2.05) is 0 Å². The Labute approximate surface area is 71.9 Å². The molecule has 0 atom stereocenters. The predicted molar refractivity (Wildman–Crippen MR) is 40.4 cm³/mol. The maximum atomic E-state index is 12.1. The van der Waals surface area contributed by atoms with Gasteiger partial charge in [-0.1, -0.05) is 17.7 Å². The van der Waals surface area contributed by atoms with Crippen molar-refractivity contribution >= 4 is 17.3 Å². The summed E-state index contributed by atoms with van der Waals surface area (Å²) >= 11 is 5.34. The fraction of sp³-hybridized carbons (Fsp3) is 0.143. The van der Waals surface area contributed by atoms with E-state index in [2.05, 4.69) is 0 Å². The number of halogens is 4. The lowest BCUT2D eigenvalue weighted by Crippen LogP contribution is -2.04. The van der Waals surface area contributed by atoms with Gasteiger partial charge in [0.1, 0.15) is 0 Å². The topological polar surface area (TPSA) is 23.8 Å². The van der Waals surface area contributed by atoms with Crippen LogP contribution in [0.4, 0.5) is 18.9 Å². The van der Waals surface area contributed by atoms with E-state index in [4.69, 9.17) is 17.3 Å². The van der Waals surface area contributed by atoms with Gasteiger partial charge in [-0.15, -0.1) is 5.69 Å². The summed E-state index contributed by atoms with van der Waals surface area (Å²) in [4.78, 5) is 0. The lowest BCUT2D eigenvalue weighted by atomic mass is 10.2. The number of alkyl halides is 3. The quantitative estimate of drug-likeness (QED) is 0.595. The van der Waals surface area contributed by atoms with Crippen LogP contribution in [0.1, 0.15) is 5.56 Å². The summed E-state index contributed by atoms with van der Waals surface area (Å²) in [5.41, 5.74) is 5.38. The molecule has 12 heavy (non-hydrogen) atoms. The standard InChI is InChI=1S/C7H4ClF3N/c8-4-1-2-6(12)5(3-4)7(9,10)11/h1-3,12H/q-1. The first kappa shape index (κ1) is 9.19. The van der Waals surface area contributed by atoms with Crippen molar-refractivity contribution in [3.05, 3.63) is 34.5 Å². The Balaban J connectivity index is 3.23. The Bertz CT molecular complexity index is 295. The van der Waals surface area contributed by atoms with Crippen molar-refractivity contribution in [3.8, 4) is 0 Å². The van der Waals surface area contributed by atoms with Crippen molar-refractivity contribution in [2.24, 2.45) is 0 Å². The minimum absolute atomic E-state index is 0.0154. The molecule has 1 rings (SSSR count). The van der Waals surface area contributed by atoms with Crippen molar-refractivity contribution in [3.63, 3.8) is 0 Å². The van der Waals surface area contributed by atoms with E-state index in [1.165, 1.54) is 6.07 Å². The van der Waals surface area contributed by atoms with Crippen LogP contribution in [0, 0.1) is 0 Å². The molecule has 0 radical (unpaired) electrons. The molecule has 0 unspecified atom stereocenters. The third-order valence-electron chi connectivity index (χ3n) is 1.29. The fourth-order valence-corrected chi connectivity index (χ4v) is 0.923. The second-order valence-corrected chi connectivity index (χ2v) is 2.62. The molecule has 0 fully saturated rings. The normalized spacial score (nSPS) is 11.7. The van der Waals surface area contributed by atoms with Crippen LogP contribution in [-0.4, -0.2) is 0 Å². The molecule has 1 aromatic carbocycles. The van der Waals surface area contributed by atoms with Gasteiger partial charge in [-0.3, -0.25) is 0 Å². The number of benzene rings is 1. The first-order valence-electron chi connectivity index (χ1n) is 2.99. The highest BCUT2D eigenvalue weighted by Gasteiger charge is 2.30. The van der Waals surface area contributed by atoms with Crippen LogP contribution < -0.4 is 0 Å². The molecule has 0 aromatic heterocycles. The second kappa shape index (κ2) is 2.86. The van der Waals surface area contributed by atoms with Crippen LogP contribution in [0.3, 0.4) is 0 Å². The van der Waals surface area contributed by atoms with Crippen molar-refractivity contribution < 1.29 is 13.2 Å². The van der Waals surface area contributed by atoms with Crippen molar-refractivity contribution in [2.75, 3.05) is 0 Å². The van der Waals surface area contributed by atoms with E-state index < -0.39 is 17.4 Å². The summed E-state index contributed by atoms with van der Waals surface area (Å²) in [5.74, 6) is 0. The van der Waals surface area contributed by atoms with Gasteiger partial charge in [0.15, 0.2) is 0 Å². The largest absolute Gasteiger partial charge is 0.698 e. The number of rotatable bonds is 0. The average molecular weight is 195 g/mol. The first-order valence-corrected chi connectivity index (χ1v) is 3.37. The summed E-state index contributed by atoms with van der Waals surface area (Å²) in [6.07, 6.45) is -4.50. The van der Waals surface area contributed by atoms with Gasteiger partial charge in [-0.05, 0) is 12.1 Å². The second-order valence-electron chi connectivity index (χ2n) is 2.19. The van der Waals surface area contributed by atoms with Gasteiger partial charge in [-0.2, -0.15) is 13.2 Å². The summed E-state index contributed by atoms with van der Waals surface area (Å²) in [5, 5.41) is -0.0154. The van der Waals surface area contributed by atoms with E-state index in [1.54, 1.807) is 0 Å². The SMILES string of the molecule is [NH-]c1ccc(Cl)cc1C(F)(F)F. The predicted octanol–water partition coefficient (Wildman–Crippen LogP) is 4.04. The molecule has 1 aromatic rings. The molecule has 0 amide bonds. The molecule has 66 valence electrons. The molecular formula is C7H4ClF3N-. The molecule has 0 aliphatic carbocycles. The third-order valence-corrected chi connectivity index (χ3v) is 1.52. The molecule has 0 saturated carbocycles. The van der Waals surface area contributed by atoms with Gasteiger partial charge in [0, 0.05) is 10.6 Å². The third kappa shape index (κ3) is 1.82. The minimum atomic E-state index is -4.50. The Hall–Kier alpha value is -0.900. The van der Waals surface area contributed by atoms with Gasteiger partial charge in [0.05, 0.1) is 0 Å². The van der Waals surface area contributed by atoms with Crippen LogP contribution in [0.25, 0.3) is 5.73 Å². The Kier molecular flexibility index (Phi) is 2.19. The van der Waals surface area contributed by atoms with E-state index in [0.717, 1.165) is 12.1 Å². The Morgan fingerprint density at radius 2 is 1.83 bits per heavy atom. The van der Waals surface area contributed by atoms with Crippen molar-refractivity contribution in [1.29, 1.82) is 0 Å². The highest BCUT2D eigenvalue weighted by molar-refractivity contribution is 6.30. The molecule has 0 aliphatic rings. The first-order chi connectivity index (χ1) is 5.41. The van der Waals surface area contributed by atoms with E-state index >= 15 is 0 Å². The van der Waals surface area contributed by atoms with Crippen LogP contribution in [-0.2, 0) is 6.18 Å². The van der Waals surface area contributed by atoms with Crippen LogP contribution >= 0.6 is 11.6 Å². The van der Waals surface area contributed by atoms with Gasteiger partial charge in [0.25, 0.3) is 0 Å². The molecule has 0 saturated heterocycles. The van der Waals surface area contributed by atoms with Crippen molar-refractivity contribution in [1.82, 2.24) is 0 Å².